The summed E-state index contributed by atoms with van der Waals surface area (Å²) in [6, 6.07) is 8.37. The van der Waals surface area contributed by atoms with Crippen LogP contribution in [0.15, 0.2) is 30.5 Å². The molecule has 6 heteroatoms. The van der Waals surface area contributed by atoms with E-state index in [4.69, 9.17) is 10.5 Å². The number of fused-ring (bicyclic) bond motifs is 1. The van der Waals surface area contributed by atoms with Gasteiger partial charge in [-0.3, -0.25) is 5.10 Å². The predicted octanol–water partition coefficient (Wildman–Crippen LogP) is 2.72. The van der Waals surface area contributed by atoms with Gasteiger partial charge in [0.15, 0.2) is 0 Å². The Labute approximate surface area is 134 Å². The average Bonchev–Trinajstić information content (AvgIpc) is 3.19. The zero-order chi connectivity index (χ0) is 15.8. The van der Waals surface area contributed by atoms with Crippen LogP contribution in [-0.2, 0) is 4.74 Å². The SMILES string of the molecule is Cc1cc(-c2ccn[nH]2)cc2nc(N)cc(N[C@H]3CCOC3)c12. The number of nitrogen functional groups attached to an aromatic ring is 1. The summed E-state index contributed by atoms with van der Waals surface area (Å²) in [7, 11) is 0. The van der Waals surface area contributed by atoms with Crippen LogP contribution in [0.1, 0.15) is 12.0 Å². The first kappa shape index (κ1) is 14.0. The second-order valence-corrected chi connectivity index (χ2v) is 5.96. The summed E-state index contributed by atoms with van der Waals surface area (Å²) in [5.41, 5.74) is 11.1. The zero-order valence-corrected chi connectivity index (χ0v) is 13.0. The van der Waals surface area contributed by atoms with Gasteiger partial charge in [0, 0.05) is 35.5 Å². The van der Waals surface area contributed by atoms with Gasteiger partial charge in [0.1, 0.15) is 5.82 Å². The number of H-pyrrole nitrogens is 1. The highest BCUT2D eigenvalue weighted by molar-refractivity contribution is 5.97. The molecule has 118 valence electrons. The zero-order valence-electron chi connectivity index (χ0n) is 13.0. The molecule has 0 radical (unpaired) electrons. The minimum absolute atomic E-state index is 0.326. The molecule has 3 aromatic rings. The third kappa shape index (κ3) is 2.61. The lowest BCUT2D eigenvalue weighted by atomic mass is 10.0. The predicted molar refractivity (Wildman–Crippen MR) is 91.3 cm³/mol. The van der Waals surface area contributed by atoms with E-state index in [9.17, 15) is 0 Å². The molecule has 2 aromatic heterocycles. The van der Waals surface area contributed by atoms with E-state index < -0.39 is 0 Å². The molecule has 1 aromatic carbocycles. The molecule has 0 saturated carbocycles. The number of benzene rings is 1. The van der Waals surface area contributed by atoms with Crippen LogP contribution in [0.5, 0.6) is 0 Å². The molecule has 0 unspecified atom stereocenters. The fourth-order valence-electron chi connectivity index (χ4n) is 3.15. The Morgan fingerprint density at radius 1 is 1.35 bits per heavy atom. The average molecular weight is 309 g/mol. The van der Waals surface area contributed by atoms with Crippen molar-refractivity contribution in [2.24, 2.45) is 0 Å². The van der Waals surface area contributed by atoms with Crippen molar-refractivity contribution in [1.82, 2.24) is 15.2 Å². The first-order valence-corrected chi connectivity index (χ1v) is 7.75. The largest absolute Gasteiger partial charge is 0.384 e. The third-order valence-corrected chi connectivity index (χ3v) is 4.23. The summed E-state index contributed by atoms with van der Waals surface area (Å²) in [5.74, 6) is 0.514. The molecule has 1 aliphatic heterocycles. The van der Waals surface area contributed by atoms with Gasteiger partial charge in [0.05, 0.1) is 23.9 Å². The van der Waals surface area contributed by atoms with Crippen molar-refractivity contribution >= 4 is 22.4 Å². The number of nitrogens with zero attached hydrogens (tertiary/aromatic N) is 2. The Bertz CT molecular complexity index is 838. The van der Waals surface area contributed by atoms with Crippen molar-refractivity contribution in [2.75, 3.05) is 24.3 Å². The molecule has 23 heavy (non-hydrogen) atoms. The van der Waals surface area contributed by atoms with Crippen molar-refractivity contribution in [3.8, 4) is 11.3 Å². The molecule has 4 rings (SSSR count). The molecule has 4 N–H and O–H groups in total. The number of aryl methyl sites for hydroxylation is 1. The van der Waals surface area contributed by atoms with Crippen molar-refractivity contribution in [1.29, 1.82) is 0 Å². The van der Waals surface area contributed by atoms with E-state index in [0.717, 1.165) is 53.0 Å². The van der Waals surface area contributed by atoms with Gasteiger partial charge in [0.25, 0.3) is 0 Å². The monoisotopic (exact) mass is 309 g/mol. The van der Waals surface area contributed by atoms with Gasteiger partial charge in [-0.2, -0.15) is 5.10 Å². The molecule has 3 heterocycles. The molecular formula is C17H19N5O. The second kappa shape index (κ2) is 5.55. The summed E-state index contributed by atoms with van der Waals surface area (Å²) in [6.45, 7) is 3.63. The molecule has 1 atom stereocenters. The van der Waals surface area contributed by atoms with Crippen LogP contribution in [0.4, 0.5) is 11.5 Å². The lowest BCUT2D eigenvalue weighted by Gasteiger charge is -2.17. The first-order valence-electron chi connectivity index (χ1n) is 7.75. The lowest BCUT2D eigenvalue weighted by Crippen LogP contribution is -2.19. The van der Waals surface area contributed by atoms with Crippen LogP contribution in [0.3, 0.4) is 0 Å². The highest BCUT2D eigenvalue weighted by atomic mass is 16.5. The normalized spacial score (nSPS) is 17.7. The summed E-state index contributed by atoms with van der Waals surface area (Å²) in [4.78, 5) is 4.51. The van der Waals surface area contributed by atoms with Crippen LogP contribution in [0, 0.1) is 6.92 Å². The summed E-state index contributed by atoms with van der Waals surface area (Å²) in [5, 5.41) is 11.7. The molecule has 1 fully saturated rings. The van der Waals surface area contributed by atoms with Gasteiger partial charge in [0.2, 0.25) is 0 Å². The Morgan fingerprint density at radius 2 is 2.26 bits per heavy atom. The van der Waals surface area contributed by atoms with E-state index in [2.05, 4.69) is 33.5 Å². The van der Waals surface area contributed by atoms with E-state index in [0.29, 0.717) is 11.9 Å². The minimum Gasteiger partial charge on any atom is -0.384 e. The van der Waals surface area contributed by atoms with Crippen molar-refractivity contribution in [3.63, 3.8) is 0 Å². The molecule has 6 nitrogen and oxygen atoms in total. The maximum absolute atomic E-state index is 6.02. The van der Waals surface area contributed by atoms with Crippen molar-refractivity contribution in [3.05, 3.63) is 36.0 Å². The molecule has 1 saturated heterocycles. The quantitative estimate of drug-likeness (QED) is 0.692. The van der Waals surface area contributed by atoms with E-state index in [1.807, 2.05) is 18.2 Å². The molecule has 1 aliphatic rings. The number of hydrogen-bond donors (Lipinski definition) is 3. The minimum atomic E-state index is 0.326. The Balaban J connectivity index is 1.84. The van der Waals surface area contributed by atoms with Crippen LogP contribution < -0.4 is 11.1 Å². The summed E-state index contributed by atoms with van der Waals surface area (Å²) < 4.78 is 5.45. The van der Waals surface area contributed by atoms with E-state index in [-0.39, 0.29) is 0 Å². The molecule has 0 aliphatic carbocycles. The second-order valence-electron chi connectivity index (χ2n) is 5.96. The number of nitrogens with two attached hydrogens (primary N) is 1. The van der Waals surface area contributed by atoms with Crippen LogP contribution in [0.25, 0.3) is 22.2 Å². The fourth-order valence-corrected chi connectivity index (χ4v) is 3.15. The summed E-state index contributed by atoms with van der Waals surface area (Å²) in [6.07, 6.45) is 2.75. The standard InChI is InChI=1S/C17H19N5O/c1-10-6-11(13-2-4-19-22-13)7-14-17(10)15(8-16(18)21-14)20-12-3-5-23-9-12/h2,4,6-8,12H,3,5,9H2,1H3,(H,19,22)(H3,18,20,21)/t12-/m0/s1. The van der Waals surface area contributed by atoms with Gasteiger partial charge in [-0.25, -0.2) is 4.98 Å². The smallest absolute Gasteiger partial charge is 0.126 e. The molecule has 0 bridgehead atoms. The molecule has 0 amide bonds. The van der Waals surface area contributed by atoms with Crippen molar-refractivity contribution in [2.45, 2.75) is 19.4 Å². The van der Waals surface area contributed by atoms with Gasteiger partial charge in [-0.1, -0.05) is 0 Å². The third-order valence-electron chi connectivity index (χ3n) is 4.23. The lowest BCUT2D eigenvalue weighted by molar-refractivity contribution is 0.195. The van der Waals surface area contributed by atoms with E-state index >= 15 is 0 Å². The Kier molecular flexibility index (Phi) is 3.38. The number of pyridine rings is 1. The van der Waals surface area contributed by atoms with Crippen LogP contribution in [-0.4, -0.2) is 34.4 Å². The maximum atomic E-state index is 6.02. The van der Waals surface area contributed by atoms with E-state index in [1.165, 1.54) is 0 Å². The van der Waals surface area contributed by atoms with Crippen LogP contribution >= 0.6 is 0 Å². The van der Waals surface area contributed by atoms with Gasteiger partial charge >= 0.3 is 0 Å². The van der Waals surface area contributed by atoms with Gasteiger partial charge in [-0.15, -0.1) is 0 Å². The number of anilines is 2. The maximum Gasteiger partial charge on any atom is 0.126 e. The highest BCUT2D eigenvalue weighted by Gasteiger charge is 2.18. The van der Waals surface area contributed by atoms with Crippen LogP contribution in [0.2, 0.25) is 0 Å². The molecule has 0 spiro atoms. The number of aromatic nitrogens is 3. The number of nitrogens with one attached hydrogen (secondary N) is 2. The molecular weight excluding hydrogens is 290 g/mol. The van der Waals surface area contributed by atoms with Crippen molar-refractivity contribution < 1.29 is 4.74 Å². The number of ether oxygens (including phenoxy) is 1. The Hall–Kier alpha value is -2.60. The number of hydrogen-bond acceptors (Lipinski definition) is 5. The summed E-state index contributed by atoms with van der Waals surface area (Å²) >= 11 is 0. The Morgan fingerprint density at radius 3 is 3.00 bits per heavy atom. The van der Waals surface area contributed by atoms with E-state index in [1.54, 1.807) is 6.20 Å². The van der Waals surface area contributed by atoms with Gasteiger partial charge in [-0.05, 0) is 37.1 Å². The number of rotatable bonds is 3. The highest BCUT2D eigenvalue weighted by Crippen LogP contribution is 2.32. The van der Waals surface area contributed by atoms with Gasteiger partial charge < -0.3 is 15.8 Å². The first-order chi connectivity index (χ1) is 11.2. The topological polar surface area (TPSA) is 88.9 Å². The number of aromatic amines is 1. The fraction of sp³-hybridized carbons (Fsp3) is 0.294.